The maximum atomic E-state index is 6.57. The summed E-state index contributed by atoms with van der Waals surface area (Å²) < 4.78 is 15.4. The van der Waals surface area contributed by atoms with Crippen LogP contribution in [0.3, 0.4) is 0 Å². The lowest BCUT2D eigenvalue weighted by Crippen LogP contribution is -2.47. The van der Waals surface area contributed by atoms with Gasteiger partial charge in [-0.05, 0) is 77.9 Å². The van der Waals surface area contributed by atoms with Crippen molar-refractivity contribution in [3.8, 4) is 0 Å². The van der Waals surface area contributed by atoms with Crippen molar-refractivity contribution in [1.82, 2.24) is 10.6 Å². The number of hydrogen-bond donors (Lipinski definition) is 2. The molecule has 1 aromatic heterocycles. The molecule has 0 saturated carbocycles. The zero-order valence-corrected chi connectivity index (χ0v) is 24.5. The molecule has 2 aliphatic heterocycles. The van der Waals surface area contributed by atoms with Gasteiger partial charge in [-0.25, -0.2) is 0 Å². The average Bonchev–Trinajstić information content (AvgIpc) is 3.79. The van der Waals surface area contributed by atoms with E-state index in [2.05, 4.69) is 114 Å². The normalized spacial score (nSPS) is 19.5. The van der Waals surface area contributed by atoms with Crippen LogP contribution < -0.4 is 36.8 Å². The smallest absolute Gasteiger partial charge is 0.361 e. The van der Waals surface area contributed by atoms with Crippen molar-refractivity contribution in [2.75, 3.05) is 26.3 Å². The van der Waals surface area contributed by atoms with Crippen molar-refractivity contribution in [1.29, 1.82) is 0 Å². The van der Waals surface area contributed by atoms with Gasteiger partial charge in [0.05, 0.1) is 0 Å². The highest BCUT2D eigenvalue weighted by atomic mass is 32.1. The highest BCUT2D eigenvalue weighted by Crippen LogP contribution is 2.13. The SMILES string of the molecule is C=c1/c(=C\C=C\B(OCC2CCCN2)c2ccccc2)sc2ccc(B(OCC3CCCN3)c3ccccc3)cc12. The summed E-state index contributed by atoms with van der Waals surface area (Å²) in [6, 6.07) is 28.6. The fraction of sp³-hybridized carbons (Fsp3) is 0.294. The van der Waals surface area contributed by atoms with Gasteiger partial charge < -0.3 is 19.9 Å². The van der Waals surface area contributed by atoms with E-state index in [1.165, 1.54) is 56.7 Å². The third-order valence-electron chi connectivity index (χ3n) is 8.18. The zero-order valence-electron chi connectivity index (χ0n) is 23.6. The Balaban J connectivity index is 1.24. The third-order valence-corrected chi connectivity index (χ3v) is 9.36. The van der Waals surface area contributed by atoms with Gasteiger partial charge in [0.2, 0.25) is 0 Å². The van der Waals surface area contributed by atoms with Crippen LogP contribution in [0.1, 0.15) is 25.7 Å². The number of allylic oxidation sites excluding steroid dienone is 1. The number of benzene rings is 3. The van der Waals surface area contributed by atoms with Gasteiger partial charge >= 0.3 is 13.8 Å². The van der Waals surface area contributed by atoms with Crippen molar-refractivity contribution in [3.05, 3.63) is 101 Å². The quantitative estimate of drug-likeness (QED) is 0.277. The van der Waals surface area contributed by atoms with Crippen molar-refractivity contribution < 1.29 is 9.31 Å². The molecular weight excluding hydrogens is 522 g/mol. The summed E-state index contributed by atoms with van der Waals surface area (Å²) in [5.41, 5.74) is 3.52. The van der Waals surface area contributed by atoms with E-state index in [4.69, 9.17) is 9.31 Å². The molecule has 0 radical (unpaired) electrons. The molecule has 208 valence electrons. The van der Waals surface area contributed by atoms with Gasteiger partial charge in [-0.2, -0.15) is 0 Å². The molecule has 6 rings (SSSR count). The van der Waals surface area contributed by atoms with Crippen LogP contribution in [0.4, 0.5) is 0 Å². The number of hydrogen-bond acceptors (Lipinski definition) is 5. The second-order valence-corrected chi connectivity index (χ2v) is 12.2. The minimum atomic E-state index is -0.104. The Morgan fingerprint density at radius 2 is 1.46 bits per heavy atom. The summed E-state index contributed by atoms with van der Waals surface area (Å²) >= 11 is 1.78. The molecule has 4 nitrogen and oxygen atoms in total. The molecule has 41 heavy (non-hydrogen) atoms. The molecule has 2 aliphatic rings. The fourth-order valence-electron chi connectivity index (χ4n) is 5.88. The van der Waals surface area contributed by atoms with E-state index in [-0.39, 0.29) is 13.8 Å². The average molecular weight is 560 g/mol. The van der Waals surface area contributed by atoms with Gasteiger partial charge in [0, 0.05) is 34.5 Å². The molecule has 2 fully saturated rings. The highest BCUT2D eigenvalue weighted by molar-refractivity contribution is 7.17. The van der Waals surface area contributed by atoms with Crippen LogP contribution in [0.15, 0.2) is 90.9 Å². The Labute approximate surface area is 248 Å². The molecule has 0 bridgehead atoms. The molecule has 3 aromatic carbocycles. The first-order valence-electron chi connectivity index (χ1n) is 14.9. The number of thiophene rings is 1. The summed E-state index contributed by atoms with van der Waals surface area (Å²) in [5.74, 6) is 2.16. The minimum Gasteiger partial charge on any atom is -0.426 e. The largest absolute Gasteiger partial charge is 0.426 e. The lowest BCUT2D eigenvalue weighted by molar-refractivity contribution is 0.288. The van der Waals surface area contributed by atoms with Crippen LogP contribution in [0.5, 0.6) is 0 Å². The maximum absolute atomic E-state index is 6.57. The van der Waals surface area contributed by atoms with Crippen LogP contribution in [-0.4, -0.2) is 52.2 Å². The first-order chi connectivity index (χ1) is 20.2. The van der Waals surface area contributed by atoms with Crippen LogP contribution in [0.25, 0.3) is 22.7 Å². The number of fused-ring (bicyclic) bond motifs is 1. The van der Waals surface area contributed by atoms with Gasteiger partial charge in [-0.15, -0.1) is 11.3 Å². The van der Waals surface area contributed by atoms with Gasteiger partial charge in [-0.3, -0.25) is 0 Å². The Bertz CT molecular complexity index is 1550. The predicted octanol–water partition coefficient (Wildman–Crippen LogP) is 2.73. The lowest BCUT2D eigenvalue weighted by Gasteiger charge is -2.18. The molecule has 0 amide bonds. The first-order valence-corrected chi connectivity index (χ1v) is 15.8. The maximum Gasteiger partial charge on any atom is 0.361 e. The molecule has 2 atom stereocenters. The highest BCUT2D eigenvalue weighted by Gasteiger charge is 2.25. The van der Waals surface area contributed by atoms with E-state index < -0.39 is 0 Å². The second-order valence-electron chi connectivity index (χ2n) is 11.1. The lowest BCUT2D eigenvalue weighted by atomic mass is 9.55. The summed E-state index contributed by atoms with van der Waals surface area (Å²) in [5, 5.41) is 9.35. The van der Waals surface area contributed by atoms with Crippen molar-refractivity contribution in [2.45, 2.75) is 37.8 Å². The van der Waals surface area contributed by atoms with E-state index in [9.17, 15) is 0 Å². The van der Waals surface area contributed by atoms with Crippen LogP contribution in [-0.2, 0) is 9.31 Å². The van der Waals surface area contributed by atoms with Gasteiger partial charge in [0.25, 0.3) is 0 Å². The van der Waals surface area contributed by atoms with Crippen LogP contribution >= 0.6 is 11.3 Å². The third kappa shape index (κ3) is 7.11. The van der Waals surface area contributed by atoms with Gasteiger partial charge in [0.15, 0.2) is 0 Å². The summed E-state index contributed by atoms with van der Waals surface area (Å²) in [6.45, 7) is 7.91. The Morgan fingerprint density at radius 3 is 2.12 bits per heavy atom. The van der Waals surface area contributed by atoms with Crippen molar-refractivity contribution in [3.63, 3.8) is 0 Å². The molecule has 3 heterocycles. The monoisotopic (exact) mass is 560 g/mol. The van der Waals surface area contributed by atoms with E-state index >= 15 is 0 Å². The molecule has 0 aliphatic carbocycles. The Kier molecular flexibility index (Phi) is 9.51. The van der Waals surface area contributed by atoms with Crippen LogP contribution in [0.2, 0.25) is 0 Å². The van der Waals surface area contributed by atoms with Gasteiger partial charge in [0.1, 0.15) is 0 Å². The van der Waals surface area contributed by atoms with Crippen molar-refractivity contribution >= 4 is 64.3 Å². The van der Waals surface area contributed by atoms with E-state index in [1.54, 1.807) is 11.3 Å². The predicted molar refractivity (Wildman–Crippen MR) is 177 cm³/mol. The summed E-state index contributed by atoms with van der Waals surface area (Å²) in [6.07, 6.45) is 9.11. The Hall–Kier alpha value is -2.93. The first kappa shape index (κ1) is 28.2. The topological polar surface area (TPSA) is 42.5 Å². The molecule has 2 saturated heterocycles. The summed E-state index contributed by atoms with van der Waals surface area (Å²) in [4.78, 5) is 0. The molecular formula is C34H38B2N2O2S. The zero-order chi connectivity index (χ0) is 27.9. The van der Waals surface area contributed by atoms with Crippen LogP contribution in [0, 0.1) is 0 Å². The van der Waals surface area contributed by atoms with E-state index in [0.717, 1.165) is 24.9 Å². The molecule has 2 N–H and O–H groups in total. The summed E-state index contributed by atoms with van der Waals surface area (Å²) in [7, 11) is 0. The fourth-order valence-corrected chi connectivity index (χ4v) is 6.92. The molecule has 7 heteroatoms. The van der Waals surface area contributed by atoms with E-state index in [1.807, 2.05) is 0 Å². The molecule has 0 spiro atoms. The standard InChI is InChI=1S/C34H38B2N2O2S/c1-26-32-23-29(36(28-13-6-3-7-14-28)40-25-31-16-10-22-38-31)18-19-34(32)41-33(26)17-8-20-35(27-11-4-2-5-12-27)39-24-30-15-9-21-37-30/h2-8,11-14,17-20,23,30-31,37-38H,1,9-10,15-16,21-22,24-25H2/b20-8+,33-17+. The second kappa shape index (κ2) is 13.8. The molecule has 2 unspecified atom stereocenters. The van der Waals surface area contributed by atoms with Crippen molar-refractivity contribution in [2.24, 2.45) is 0 Å². The number of nitrogens with one attached hydrogen (secondary N) is 2. The minimum absolute atomic E-state index is 0.0813. The number of rotatable bonds is 11. The Morgan fingerprint density at radius 1 is 0.805 bits per heavy atom. The molecule has 4 aromatic rings. The van der Waals surface area contributed by atoms with E-state index in [0.29, 0.717) is 18.7 Å². The van der Waals surface area contributed by atoms with Gasteiger partial charge in [-0.1, -0.05) is 91.4 Å².